The van der Waals surface area contributed by atoms with E-state index >= 15 is 0 Å². The molecule has 0 aromatic heterocycles. The van der Waals surface area contributed by atoms with Gasteiger partial charge in [0, 0.05) is 0 Å². The molecule has 1 aliphatic rings. The molecule has 1 aliphatic heterocycles. The highest BCUT2D eigenvalue weighted by atomic mass is 16.7. The molecule has 7 N–H and O–H groups in total. The van der Waals surface area contributed by atoms with Crippen LogP contribution in [0.5, 0.6) is 0 Å². The summed E-state index contributed by atoms with van der Waals surface area (Å²) in [5, 5.41) is 64.6. The molecule has 0 aliphatic carbocycles. The van der Waals surface area contributed by atoms with Crippen LogP contribution < -0.4 is 5.32 Å². The van der Waals surface area contributed by atoms with Gasteiger partial charge in [0.15, 0.2) is 6.29 Å². The number of rotatable bonds is 40. The molecule has 1 saturated heterocycles. The Morgan fingerprint density at radius 2 is 1.02 bits per heavy atom. The van der Waals surface area contributed by atoms with Gasteiger partial charge in [0.1, 0.15) is 30.5 Å². The maximum atomic E-state index is 13.0. The number of carbonyl (C=O) groups excluding carboxylic acids is 1. The predicted octanol–water partition coefficient (Wildman–Crippen LogP) is 9.25. The van der Waals surface area contributed by atoms with Crippen LogP contribution in [0.15, 0.2) is 24.3 Å². The van der Waals surface area contributed by atoms with Crippen molar-refractivity contribution in [3.63, 3.8) is 0 Å². The van der Waals surface area contributed by atoms with Gasteiger partial charge in [0.2, 0.25) is 5.91 Å². The second kappa shape index (κ2) is 38.5. The van der Waals surface area contributed by atoms with Crippen molar-refractivity contribution >= 4 is 5.91 Å². The summed E-state index contributed by atoms with van der Waals surface area (Å²) in [4.78, 5) is 13.0. The summed E-state index contributed by atoms with van der Waals surface area (Å²) in [5.74, 6) is -0.624. The maximum absolute atomic E-state index is 13.0. The molecule has 10 heteroatoms. The van der Waals surface area contributed by atoms with E-state index in [4.69, 9.17) is 9.47 Å². The lowest BCUT2D eigenvalue weighted by atomic mass is 9.99. The number of unbranched alkanes of at least 4 members (excludes halogenated alkanes) is 27. The molecule has 10 nitrogen and oxygen atoms in total. The predicted molar refractivity (Wildman–Crippen MR) is 236 cm³/mol. The quantitative estimate of drug-likeness (QED) is 0.0235. The largest absolute Gasteiger partial charge is 0.394 e. The van der Waals surface area contributed by atoms with Crippen LogP contribution >= 0.6 is 0 Å². The molecule has 0 aromatic rings. The van der Waals surface area contributed by atoms with Crippen molar-refractivity contribution in [2.24, 2.45) is 0 Å². The average Bonchev–Trinajstić information content (AvgIpc) is 3.22. The number of ether oxygens (including phenoxy) is 2. The third kappa shape index (κ3) is 28.2. The molecule has 1 heterocycles. The van der Waals surface area contributed by atoms with Crippen LogP contribution in [0.2, 0.25) is 0 Å². The number of amides is 1. The van der Waals surface area contributed by atoms with Crippen molar-refractivity contribution in [2.75, 3.05) is 13.2 Å². The first-order valence-electron chi connectivity index (χ1n) is 24.2. The summed E-state index contributed by atoms with van der Waals surface area (Å²) in [5.41, 5.74) is 0. The topological polar surface area (TPSA) is 169 Å². The Balaban J connectivity index is 2.36. The van der Waals surface area contributed by atoms with Crippen molar-refractivity contribution in [2.45, 2.75) is 262 Å². The Morgan fingerprint density at radius 1 is 0.586 bits per heavy atom. The molecule has 0 radical (unpaired) electrons. The van der Waals surface area contributed by atoms with Crippen molar-refractivity contribution < 1.29 is 44.9 Å². The van der Waals surface area contributed by atoms with Crippen molar-refractivity contribution in [1.29, 1.82) is 0 Å². The Labute approximate surface area is 354 Å². The maximum Gasteiger partial charge on any atom is 0.249 e. The summed E-state index contributed by atoms with van der Waals surface area (Å²) in [6.07, 6.45) is 35.6. The molecule has 1 fully saturated rings. The van der Waals surface area contributed by atoms with Crippen molar-refractivity contribution in [3.05, 3.63) is 24.3 Å². The molecule has 0 spiro atoms. The minimum Gasteiger partial charge on any atom is -0.394 e. The first kappa shape index (κ1) is 54.6. The van der Waals surface area contributed by atoms with E-state index in [0.29, 0.717) is 19.3 Å². The van der Waals surface area contributed by atoms with Crippen LogP contribution in [0.4, 0.5) is 0 Å². The fourth-order valence-electron chi connectivity index (χ4n) is 7.65. The highest BCUT2D eigenvalue weighted by Gasteiger charge is 2.44. The highest BCUT2D eigenvalue weighted by Crippen LogP contribution is 2.23. The zero-order chi connectivity index (χ0) is 42.5. The minimum atomic E-state index is -1.61. The molecule has 342 valence electrons. The first-order chi connectivity index (χ1) is 28.3. The fourth-order valence-corrected chi connectivity index (χ4v) is 7.65. The van der Waals surface area contributed by atoms with E-state index in [1.165, 1.54) is 148 Å². The first-order valence-corrected chi connectivity index (χ1v) is 24.2. The van der Waals surface area contributed by atoms with Crippen LogP contribution in [0.25, 0.3) is 0 Å². The molecule has 0 bridgehead atoms. The number of allylic oxidation sites excluding steroid dienone is 3. The van der Waals surface area contributed by atoms with Crippen molar-refractivity contribution in [3.8, 4) is 0 Å². The monoisotopic (exact) mass is 826 g/mol. The van der Waals surface area contributed by atoms with Gasteiger partial charge in [-0.3, -0.25) is 4.79 Å². The smallest absolute Gasteiger partial charge is 0.249 e. The zero-order valence-corrected chi connectivity index (χ0v) is 37.2. The van der Waals surface area contributed by atoms with Gasteiger partial charge in [-0.05, 0) is 32.1 Å². The molecule has 1 amide bonds. The molecular weight excluding hydrogens is 735 g/mol. The van der Waals surface area contributed by atoms with Gasteiger partial charge in [0.05, 0.1) is 25.4 Å². The van der Waals surface area contributed by atoms with Crippen molar-refractivity contribution in [1.82, 2.24) is 5.32 Å². The van der Waals surface area contributed by atoms with Crippen LogP contribution in [-0.4, -0.2) is 98.7 Å². The van der Waals surface area contributed by atoms with Crippen LogP contribution in [-0.2, 0) is 14.3 Å². The van der Waals surface area contributed by atoms with Crippen LogP contribution in [0.3, 0.4) is 0 Å². The van der Waals surface area contributed by atoms with E-state index in [-0.39, 0.29) is 6.61 Å². The molecule has 8 atom stereocenters. The van der Waals surface area contributed by atoms with E-state index in [1.54, 1.807) is 6.08 Å². The summed E-state index contributed by atoms with van der Waals surface area (Å²) < 4.78 is 11.1. The van der Waals surface area contributed by atoms with Gasteiger partial charge >= 0.3 is 0 Å². The number of aliphatic hydroxyl groups is 6. The Bertz CT molecular complexity index is 979. The number of nitrogens with one attached hydrogen (secondary N) is 1. The van der Waals surface area contributed by atoms with Gasteiger partial charge in [-0.25, -0.2) is 0 Å². The normalized spacial score (nSPS) is 21.6. The molecule has 1 rings (SSSR count). The lowest BCUT2D eigenvalue weighted by Gasteiger charge is -2.40. The van der Waals surface area contributed by atoms with Gasteiger partial charge in [0.25, 0.3) is 0 Å². The third-order valence-corrected chi connectivity index (χ3v) is 11.6. The van der Waals surface area contributed by atoms with Gasteiger partial charge in [-0.2, -0.15) is 0 Å². The van der Waals surface area contributed by atoms with E-state index in [0.717, 1.165) is 32.1 Å². The van der Waals surface area contributed by atoms with E-state index in [9.17, 15) is 35.4 Å². The summed E-state index contributed by atoms with van der Waals surface area (Å²) >= 11 is 0. The Kier molecular flexibility index (Phi) is 36.3. The van der Waals surface area contributed by atoms with E-state index in [1.807, 2.05) is 6.08 Å². The minimum absolute atomic E-state index is 0.308. The lowest BCUT2D eigenvalue weighted by Crippen LogP contribution is -2.60. The Morgan fingerprint density at radius 3 is 1.50 bits per heavy atom. The number of aliphatic hydroxyl groups excluding tert-OH is 6. The lowest BCUT2D eigenvalue weighted by molar-refractivity contribution is -0.302. The molecule has 58 heavy (non-hydrogen) atoms. The summed E-state index contributed by atoms with van der Waals surface area (Å²) in [6.45, 7) is 3.59. The van der Waals surface area contributed by atoms with Crippen LogP contribution in [0.1, 0.15) is 213 Å². The fraction of sp³-hybridized carbons (Fsp3) is 0.896. The second-order valence-corrected chi connectivity index (χ2v) is 17.0. The summed E-state index contributed by atoms with van der Waals surface area (Å²) in [6, 6.07) is -0.992. The molecular formula is C48H91NO9. The van der Waals surface area contributed by atoms with Crippen LogP contribution in [0, 0.1) is 0 Å². The number of hydrogen-bond acceptors (Lipinski definition) is 9. The number of carbonyl (C=O) groups is 1. The molecule has 0 saturated carbocycles. The van der Waals surface area contributed by atoms with E-state index in [2.05, 4.69) is 31.3 Å². The Hall–Kier alpha value is -1.37. The van der Waals surface area contributed by atoms with E-state index < -0.39 is 61.5 Å². The molecule has 2 unspecified atom stereocenters. The molecule has 0 aromatic carbocycles. The van der Waals surface area contributed by atoms with Gasteiger partial charge in [-0.15, -0.1) is 0 Å². The SMILES string of the molecule is CCCCCCCCC/C=C\CC/C=C/[C@@H](O)[C@H](CO[C@@H]1O[C@H](CO)[C@@H](O)C(O)C1O)NC(=O)[C@H](O)CCCCCCCCCCCCCCCCCCCCCC. The zero-order valence-electron chi connectivity index (χ0n) is 37.2. The summed E-state index contributed by atoms with van der Waals surface area (Å²) in [7, 11) is 0. The standard InChI is InChI=1S/C48H91NO9/c1-3-5-7-9-11-13-15-17-18-19-20-21-22-23-25-27-29-31-33-35-37-42(52)47(56)49-40(39-57-48-46(55)45(54)44(53)43(38-50)58-48)41(51)36-34-32-30-28-26-24-16-14-12-10-8-6-4-2/h26,28,34,36,40-46,48,50-55H,3-25,27,29-33,35,37-39H2,1-2H3,(H,49,56)/b28-26-,36-34+/t40-,41+,42+,43+,44+,45?,46?,48+/m0/s1. The number of hydrogen-bond donors (Lipinski definition) is 7. The highest BCUT2D eigenvalue weighted by molar-refractivity contribution is 5.80. The van der Waals surface area contributed by atoms with Gasteiger partial charge < -0.3 is 45.4 Å². The second-order valence-electron chi connectivity index (χ2n) is 17.0. The third-order valence-electron chi connectivity index (χ3n) is 11.6. The average molecular weight is 826 g/mol. The van der Waals surface area contributed by atoms with Gasteiger partial charge in [-0.1, -0.05) is 205 Å².